The average Bonchev–Trinajstić information content (AvgIpc) is 3.29. The summed E-state index contributed by atoms with van der Waals surface area (Å²) in [5.74, 6) is -1.70. The fraction of sp³-hybridized carbons (Fsp3) is 0.522. The third kappa shape index (κ3) is 5.93. The first-order chi connectivity index (χ1) is 15.5. The Bertz CT molecular complexity index is 1000. The van der Waals surface area contributed by atoms with E-state index in [1.807, 2.05) is 0 Å². The number of fused-ring (bicyclic) bond motifs is 3. The Kier molecular flexibility index (Phi) is 7.46. The van der Waals surface area contributed by atoms with Crippen molar-refractivity contribution in [1.82, 2.24) is 9.88 Å². The maximum absolute atomic E-state index is 12.9. The molecule has 3 heterocycles. The van der Waals surface area contributed by atoms with Gasteiger partial charge in [0.1, 0.15) is 5.52 Å². The van der Waals surface area contributed by atoms with Gasteiger partial charge < -0.3 is 14.6 Å². The van der Waals surface area contributed by atoms with Gasteiger partial charge in [0, 0.05) is 36.2 Å². The molecule has 0 amide bonds. The second-order valence-electron chi connectivity index (χ2n) is 8.50. The molecule has 2 N–H and O–H groups in total. The summed E-state index contributed by atoms with van der Waals surface area (Å²) in [4.78, 5) is 26.2. The van der Waals surface area contributed by atoms with Crippen LogP contribution in [0.15, 0.2) is 34.8 Å². The number of carbonyl (C=O) groups is 2. The molecule has 2 bridgehead atoms. The van der Waals surface area contributed by atoms with E-state index in [-0.39, 0.29) is 11.5 Å². The molecule has 2 fully saturated rings. The Morgan fingerprint density at radius 3 is 2.24 bits per heavy atom. The zero-order valence-electron chi connectivity index (χ0n) is 18.4. The highest BCUT2D eigenvalue weighted by atomic mass is 19.4. The number of aliphatic carboxylic acids is 2. The molecule has 3 atom stereocenters. The van der Waals surface area contributed by atoms with Gasteiger partial charge in [0.2, 0.25) is 0 Å². The molecule has 180 valence electrons. The van der Waals surface area contributed by atoms with Crippen molar-refractivity contribution in [2.75, 3.05) is 0 Å². The van der Waals surface area contributed by atoms with Crippen molar-refractivity contribution >= 4 is 23.0 Å². The van der Waals surface area contributed by atoms with Crippen LogP contribution in [0.3, 0.4) is 0 Å². The normalized spacial score (nSPS) is 24.0. The van der Waals surface area contributed by atoms with Crippen molar-refractivity contribution in [2.24, 2.45) is 0 Å². The molecule has 33 heavy (non-hydrogen) atoms. The van der Waals surface area contributed by atoms with Crippen LogP contribution in [-0.2, 0) is 15.8 Å². The summed E-state index contributed by atoms with van der Waals surface area (Å²) in [5, 5.41) is 15.6. The number of nitrogens with zero attached hydrogens (tertiary/aromatic N) is 2. The predicted octanol–water partition coefficient (Wildman–Crippen LogP) is 5.07. The van der Waals surface area contributed by atoms with Crippen LogP contribution in [0.4, 0.5) is 13.2 Å². The molecule has 3 unspecified atom stereocenters. The molecular weight excluding hydrogens is 441 g/mol. The lowest BCUT2D eigenvalue weighted by molar-refractivity contribution is -0.137. The molecule has 1 aromatic heterocycles. The van der Waals surface area contributed by atoms with E-state index in [4.69, 9.17) is 14.6 Å². The van der Waals surface area contributed by atoms with E-state index in [1.165, 1.54) is 18.9 Å². The second kappa shape index (κ2) is 9.94. The smallest absolute Gasteiger partial charge is 0.416 e. The van der Waals surface area contributed by atoms with Gasteiger partial charge in [-0.3, -0.25) is 4.90 Å². The van der Waals surface area contributed by atoms with E-state index in [0.29, 0.717) is 41.7 Å². The number of piperidine rings is 1. The number of rotatable bonds is 5. The minimum Gasteiger partial charge on any atom is -0.478 e. The van der Waals surface area contributed by atoms with Crippen LogP contribution in [0.5, 0.6) is 0 Å². The third-order valence-electron chi connectivity index (χ3n) is 6.34. The van der Waals surface area contributed by atoms with Gasteiger partial charge in [0.05, 0.1) is 5.56 Å². The lowest BCUT2D eigenvalue weighted by atomic mass is 9.89. The van der Waals surface area contributed by atoms with Crippen molar-refractivity contribution in [3.05, 3.63) is 41.8 Å². The van der Waals surface area contributed by atoms with Crippen molar-refractivity contribution in [3.8, 4) is 0 Å². The minimum atomic E-state index is -4.36. The summed E-state index contributed by atoms with van der Waals surface area (Å²) in [5.41, 5.74) is 0.0654. The molecule has 0 aliphatic carbocycles. The first-order valence-electron chi connectivity index (χ1n) is 10.9. The van der Waals surface area contributed by atoms with Crippen LogP contribution < -0.4 is 0 Å². The molecule has 0 saturated carbocycles. The second-order valence-corrected chi connectivity index (χ2v) is 8.50. The van der Waals surface area contributed by atoms with E-state index in [2.05, 4.69) is 23.7 Å². The van der Waals surface area contributed by atoms with Crippen LogP contribution >= 0.6 is 0 Å². The third-order valence-corrected chi connectivity index (χ3v) is 6.34. The lowest BCUT2D eigenvalue weighted by Crippen LogP contribution is -2.47. The average molecular weight is 468 g/mol. The van der Waals surface area contributed by atoms with Crippen LogP contribution in [0.2, 0.25) is 0 Å². The fourth-order valence-electron chi connectivity index (χ4n) is 4.78. The molecule has 1 aromatic carbocycles. The summed E-state index contributed by atoms with van der Waals surface area (Å²) in [6, 6.07) is 5.21. The monoisotopic (exact) mass is 468 g/mol. The van der Waals surface area contributed by atoms with Crippen molar-refractivity contribution in [1.29, 1.82) is 0 Å². The van der Waals surface area contributed by atoms with E-state index in [9.17, 15) is 22.8 Å². The van der Waals surface area contributed by atoms with Crippen LogP contribution in [0, 0.1) is 0 Å². The number of oxazole rings is 1. The fourth-order valence-corrected chi connectivity index (χ4v) is 4.78. The minimum absolute atomic E-state index is 0.208. The van der Waals surface area contributed by atoms with Crippen LogP contribution in [0.1, 0.15) is 63.3 Å². The number of hydrogen-bond acceptors (Lipinski definition) is 5. The van der Waals surface area contributed by atoms with Gasteiger partial charge in [-0.25, -0.2) is 14.6 Å². The molecule has 2 aromatic rings. The Morgan fingerprint density at radius 1 is 1.18 bits per heavy atom. The molecular formula is C23H27F3N2O5. The Labute approximate surface area is 188 Å². The topological polar surface area (TPSA) is 104 Å². The number of carboxylic acid groups (broad SMARTS) is 2. The number of alkyl halides is 3. The highest BCUT2D eigenvalue weighted by Gasteiger charge is 2.44. The van der Waals surface area contributed by atoms with Crippen molar-refractivity contribution < 1.29 is 37.4 Å². The van der Waals surface area contributed by atoms with E-state index in [1.54, 1.807) is 0 Å². The summed E-state index contributed by atoms with van der Waals surface area (Å²) in [6.45, 7) is 4.50. The first-order valence-corrected chi connectivity index (χ1v) is 10.9. The molecule has 2 aliphatic heterocycles. The molecule has 4 rings (SSSR count). The molecule has 10 heteroatoms. The summed E-state index contributed by atoms with van der Waals surface area (Å²) in [7, 11) is 0. The quantitative estimate of drug-likeness (QED) is 0.591. The summed E-state index contributed by atoms with van der Waals surface area (Å²) >= 11 is 0. The van der Waals surface area contributed by atoms with Gasteiger partial charge >= 0.3 is 18.1 Å². The molecule has 7 nitrogen and oxygen atoms in total. The zero-order chi connectivity index (χ0) is 24.3. The number of halogens is 3. The highest BCUT2D eigenvalue weighted by Crippen LogP contribution is 2.44. The summed E-state index contributed by atoms with van der Waals surface area (Å²) < 4.78 is 44.4. The molecule has 2 saturated heterocycles. The van der Waals surface area contributed by atoms with Gasteiger partial charge in [-0.1, -0.05) is 6.92 Å². The molecule has 0 radical (unpaired) electrons. The lowest BCUT2D eigenvalue weighted by Gasteiger charge is -2.41. The number of benzene rings is 1. The van der Waals surface area contributed by atoms with Gasteiger partial charge in [-0.05, 0) is 57.2 Å². The van der Waals surface area contributed by atoms with Gasteiger partial charge in [0.25, 0.3) is 0 Å². The Morgan fingerprint density at radius 2 is 1.76 bits per heavy atom. The van der Waals surface area contributed by atoms with Crippen molar-refractivity contribution in [3.63, 3.8) is 0 Å². The SMILES string of the molecule is CCC(C)N1C2CCC1CC(c1nc3ccc(C(F)(F)F)cc3o1)C2.O=C(O)C=CC(=O)O. The van der Waals surface area contributed by atoms with Gasteiger partial charge in [-0.2, -0.15) is 13.2 Å². The van der Waals surface area contributed by atoms with Gasteiger partial charge in [-0.15, -0.1) is 0 Å². The number of hydrogen-bond donors (Lipinski definition) is 2. The van der Waals surface area contributed by atoms with Crippen molar-refractivity contribution in [2.45, 2.75) is 76.2 Å². The molecule has 0 spiro atoms. The predicted molar refractivity (Wildman–Crippen MR) is 114 cm³/mol. The number of carboxylic acids is 2. The Balaban J connectivity index is 0.000000331. The van der Waals surface area contributed by atoms with E-state index < -0.39 is 23.7 Å². The largest absolute Gasteiger partial charge is 0.478 e. The Hall–Kier alpha value is -2.88. The maximum atomic E-state index is 12.9. The standard InChI is InChI=1S/C19H23F3N2O.C4H4O4/c1-3-11(2)24-14-5-6-15(24)9-12(8-14)18-23-16-7-4-13(19(20,21)22)10-17(16)25-18;5-3(6)1-2-4(7)8/h4,7,10-12,14-15H,3,5-6,8-9H2,1-2H3;1-2H,(H,5,6)(H,7,8). The molecule has 2 aliphatic rings. The first kappa shape index (κ1) is 24.8. The summed E-state index contributed by atoms with van der Waals surface area (Å²) in [6.07, 6.45) is 2.26. The van der Waals surface area contributed by atoms with Crippen LogP contribution in [-0.4, -0.2) is 50.2 Å². The van der Waals surface area contributed by atoms with E-state index >= 15 is 0 Å². The van der Waals surface area contributed by atoms with Gasteiger partial charge in [0.15, 0.2) is 11.5 Å². The van der Waals surface area contributed by atoms with E-state index in [0.717, 1.165) is 31.4 Å². The zero-order valence-corrected chi connectivity index (χ0v) is 18.4. The van der Waals surface area contributed by atoms with Crippen LogP contribution in [0.25, 0.3) is 11.1 Å². The number of aromatic nitrogens is 1. The maximum Gasteiger partial charge on any atom is 0.416 e. The highest BCUT2D eigenvalue weighted by molar-refractivity contribution is 5.89.